The van der Waals surface area contributed by atoms with Crippen LogP contribution in [-0.2, 0) is 0 Å². The SMILES string of the molecule is Cc1ccc([C@@H](O)CN2CCN(C(=O)c3ccccc3F)CC2)c(C)c1. The Morgan fingerprint density at radius 3 is 2.46 bits per heavy atom. The molecule has 1 atom stereocenters. The summed E-state index contributed by atoms with van der Waals surface area (Å²) in [4.78, 5) is 16.3. The molecule has 0 unspecified atom stereocenters. The van der Waals surface area contributed by atoms with Crippen molar-refractivity contribution in [2.45, 2.75) is 20.0 Å². The van der Waals surface area contributed by atoms with Crippen LogP contribution in [0.5, 0.6) is 0 Å². The quantitative estimate of drug-likeness (QED) is 0.916. The van der Waals surface area contributed by atoms with Crippen molar-refractivity contribution >= 4 is 5.91 Å². The van der Waals surface area contributed by atoms with E-state index >= 15 is 0 Å². The second kappa shape index (κ2) is 7.98. The summed E-state index contributed by atoms with van der Waals surface area (Å²) in [7, 11) is 0. The van der Waals surface area contributed by atoms with Gasteiger partial charge in [0.05, 0.1) is 11.7 Å². The highest BCUT2D eigenvalue weighted by Gasteiger charge is 2.25. The van der Waals surface area contributed by atoms with Crippen molar-refractivity contribution < 1.29 is 14.3 Å². The lowest BCUT2D eigenvalue weighted by Gasteiger charge is -2.36. The van der Waals surface area contributed by atoms with Crippen molar-refractivity contribution in [1.29, 1.82) is 0 Å². The molecule has 0 aliphatic carbocycles. The Hall–Kier alpha value is -2.24. The van der Waals surface area contributed by atoms with E-state index in [9.17, 15) is 14.3 Å². The number of aryl methyl sites for hydroxylation is 2. The van der Waals surface area contributed by atoms with Crippen LogP contribution < -0.4 is 0 Å². The maximum absolute atomic E-state index is 13.8. The molecule has 0 saturated carbocycles. The third kappa shape index (κ3) is 4.11. The fourth-order valence-corrected chi connectivity index (χ4v) is 3.48. The van der Waals surface area contributed by atoms with E-state index in [1.807, 2.05) is 26.0 Å². The van der Waals surface area contributed by atoms with Gasteiger partial charge >= 0.3 is 0 Å². The Kier molecular flexibility index (Phi) is 5.69. The van der Waals surface area contributed by atoms with Gasteiger partial charge in [0, 0.05) is 32.7 Å². The van der Waals surface area contributed by atoms with Gasteiger partial charge in [-0.15, -0.1) is 0 Å². The maximum atomic E-state index is 13.8. The van der Waals surface area contributed by atoms with Crippen molar-refractivity contribution in [3.63, 3.8) is 0 Å². The van der Waals surface area contributed by atoms with E-state index in [2.05, 4.69) is 11.0 Å². The molecule has 1 aliphatic heterocycles. The first-order valence-electron chi connectivity index (χ1n) is 8.97. The normalized spacial score (nSPS) is 16.5. The molecule has 1 saturated heterocycles. The Bertz CT molecular complexity index is 785. The second-order valence-electron chi connectivity index (χ2n) is 6.95. The first-order valence-corrected chi connectivity index (χ1v) is 8.97. The van der Waals surface area contributed by atoms with E-state index in [0.29, 0.717) is 32.7 Å². The summed E-state index contributed by atoms with van der Waals surface area (Å²) in [6.45, 7) is 6.99. The number of β-amino-alcohol motifs (C(OH)–C–C–N with tert-alkyl or cyclic N) is 1. The summed E-state index contributed by atoms with van der Waals surface area (Å²) < 4.78 is 13.8. The number of carbonyl (C=O) groups excluding carboxylic acids is 1. The average molecular weight is 356 g/mol. The lowest BCUT2D eigenvalue weighted by molar-refractivity contribution is 0.0523. The molecule has 26 heavy (non-hydrogen) atoms. The number of hydrogen-bond donors (Lipinski definition) is 1. The van der Waals surface area contributed by atoms with E-state index < -0.39 is 11.9 Å². The molecular weight excluding hydrogens is 331 g/mol. The zero-order valence-electron chi connectivity index (χ0n) is 15.3. The van der Waals surface area contributed by atoms with Crippen LogP contribution in [0.4, 0.5) is 4.39 Å². The molecule has 0 radical (unpaired) electrons. The number of benzene rings is 2. The molecule has 4 nitrogen and oxygen atoms in total. The van der Waals surface area contributed by atoms with Crippen LogP contribution in [0.3, 0.4) is 0 Å². The lowest BCUT2D eigenvalue weighted by atomic mass is 10.0. The molecular formula is C21H25FN2O2. The number of aliphatic hydroxyl groups is 1. The fourth-order valence-electron chi connectivity index (χ4n) is 3.48. The number of rotatable bonds is 4. The highest BCUT2D eigenvalue weighted by molar-refractivity contribution is 5.94. The Morgan fingerprint density at radius 2 is 1.81 bits per heavy atom. The molecule has 1 aliphatic rings. The van der Waals surface area contributed by atoms with E-state index in [4.69, 9.17) is 0 Å². The summed E-state index contributed by atoms with van der Waals surface area (Å²) in [6.07, 6.45) is -0.551. The zero-order valence-corrected chi connectivity index (χ0v) is 15.3. The monoisotopic (exact) mass is 356 g/mol. The number of piperazine rings is 1. The van der Waals surface area contributed by atoms with Gasteiger partial charge in [0.2, 0.25) is 0 Å². The Balaban J connectivity index is 1.57. The smallest absolute Gasteiger partial charge is 0.256 e. The molecule has 2 aromatic carbocycles. The van der Waals surface area contributed by atoms with Gasteiger partial charge in [-0.2, -0.15) is 0 Å². The maximum Gasteiger partial charge on any atom is 0.256 e. The van der Waals surface area contributed by atoms with Crippen molar-refractivity contribution in [1.82, 2.24) is 9.80 Å². The third-order valence-corrected chi connectivity index (χ3v) is 4.98. The van der Waals surface area contributed by atoms with E-state index in [1.54, 1.807) is 17.0 Å². The minimum atomic E-state index is -0.551. The van der Waals surface area contributed by atoms with Gasteiger partial charge in [0.1, 0.15) is 5.82 Å². The minimum Gasteiger partial charge on any atom is -0.387 e. The van der Waals surface area contributed by atoms with Crippen molar-refractivity contribution in [3.8, 4) is 0 Å². The number of halogens is 1. The molecule has 3 rings (SSSR count). The molecule has 138 valence electrons. The first kappa shape index (κ1) is 18.5. The third-order valence-electron chi connectivity index (χ3n) is 4.98. The highest BCUT2D eigenvalue weighted by atomic mass is 19.1. The molecule has 5 heteroatoms. The molecule has 0 spiro atoms. The van der Waals surface area contributed by atoms with Crippen LogP contribution in [0, 0.1) is 19.7 Å². The molecule has 0 aromatic heterocycles. The predicted molar refractivity (Wildman–Crippen MR) is 99.6 cm³/mol. The van der Waals surface area contributed by atoms with Crippen LogP contribution in [0.1, 0.15) is 33.2 Å². The van der Waals surface area contributed by atoms with Crippen molar-refractivity contribution in [2.24, 2.45) is 0 Å². The van der Waals surface area contributed by atoms with Crippen LogP contribution in [0.15, 0.2) is 42.5 Å². The average Bonchev–Trinajstić information content (AvgIpc) is 2.62. The largest absolute Gasteiger partial charge is 0.387 e. The summed E-state index contributed by atoms with van der Waals surface area (Å²) in [5, 5.41) is 10.6. The minimum absolute atomic E-state index is 0.122. The highest BCUT2D eigenvalue weighted by Crippen LogP contribution is 2.21. The molecule has 1 heterocycles. The van der Waals surface area contributed by atoms with Gasteiger partial charge in [-0.1, -0.05) is 35.9 Å². The summed E-state index contributed by atoms with van der Waals surface area (Å²) in [5.41, 5.74) is 3.33. The fraction of sp³-hybridized carbons (Fsp3) is 0.381. The molecule has 1 fully saturated rings. The number of aliphatic hydroxyl groups excluding tert-OH is 1. The molecule has 0 bridgehead atoms. The Morgan fingerprint density at radius 1 is 1.12 bits per heavy atom. The van der Waals surface area contributed by atoms with Gasteiger partial charge in [0.15, 0.2) is 0 Å². The molecule has 2 aromatic rings. The predicted octanol–water partition coefficient (Wildman–Crippen LogP) is 2.93. The van der Waals surface area contributed by atoms with Crippen LogP contribution in [0.2, 0.25) is 0 Å². The van der Waals surface area contributed by atoms with Crippen LogP contribution in [0.25, 0.3) is 0 Å². The lowest BCUT2D eigenvalue weighted by Crippen LogP contribution is -2.49. The standard InChI is InChI=1S/C21H25FN2O2/c1-15-7-8-17(16(2)13-15)20(25)14-23-9-11-24(12-10-23)21(26)18-5-3-4-6-19(18)22/h3-8,13,20,25H,9-12,14H2,1-2H3/t20-/m0/s1. The van der Waals surface area contributed by atoms with E-state index in [-0.39, 0.29) is 11.5 Å². The van der Waals surface area contributed by atoms with Gasteiger partial charge in [-0.05, 0) is 37.1 Å². The van der Waals surface area contributed by atoms with E-state index in [0.717, 1.165) is 11.1 Å². The van der Waals surface area contributed by atoms with Crippen LogP contribution in [-0.4, -0.2) is 53.5 Å². The Labute approximate surface area is 153 Å². The van der Waals surface area contributed by atoms with Gasteiger partial charge in [0.25, 0.3) is 5.91 Å². The van der Waals surface area contributed by atoms with Gasteiger partial charge in [-0.3, -0.25) is 9.69 Å². The van der Waals surface area contributed by atoms with Crippen LogP contribution >= 0.6 is 0 Å². The van der Waals surface area contributed by atoms with Gasteiger partial charge < -0.3 is 10.0 Å². The summed E-state index contributed by atoms with van der Waals surface area (Å²) >= 11 is 0. The van der Waals surface area contributed by atoms with Crippen molar-refractivity contribution in [3.05, 3.63) is 70.5 Å². The summed E-state index contributed by atoms with van der Waals surface area (Å²) in [6, 6.07) is 12.1. The number of nitrogens with zero attached hydrogens (tertiary/aromatic N) is 2. The first-order chi connectivity index (χ1) is 12.5. The van der Waals surface area contributed by atoms with Crippen molar-refractivity contribution in [2.75, 3.05) is 32.7 Å². The van der Waals surface area contributed by atoms with Gasteiger partial charge in [-0.25, -0.2) is 4.39 Å². The molecule has 1 amide bonds. The molecule has 1 N–H and O–H groups in total. The second-order valence-corrected chi connectivity index (χ2v) is 6.95. The summed E-state index contributed by atoms with van der Waals surface area (Å²) in [5.74, 6) is -0.747. The number of hydrogen-bond acceptors (Lipinski definition) is 3. The zero-order chi connectivity index (χ0) is 18.7. The topological polar surface area (TPSA) is 43.8 Å². The number of amides is 1. The van der Waals surface area contributed by atoms with E-state index in [1.165, 1.54) is 17.7 Å². The number of carbonyl (C=O) groups is 1.